The molecule has 0 fully saturated rings. The molecule has 1 unspecified atom stereocenters. The van der Waals surface area contributed by atoms with Crippen LogP contribution in [0, 0.1) is 17.8 Å². The monoisotopic (exact) mass is 370 g/mol. The molecule has 144 valence electrons. The van der Waals surface area contributed by atoms with Gasteiger partial charge in [-0.2, -0.15) is 0 Å². The highest BCUT2D eigenvalue weighted by Gasteiger charge is 2.36. The highest BCUT2D eigenvalue weighted by atomic mass is 16.5. The first-order valence-electron chi connectivity index (χ1n) is 9.42. The molecule has 0 spiro atoms. The Hall–Kier alpha value is -2.56. The van der Waals surface area contributed by atoms with Gasteiger partial charge in [0.05, 0.1) is 24.7 Å². The first-order valence-corrected chi connectivity index (χ1v) is 9.42. The normalized spacial score (nSPS) is 16.4. The van der Waals surface area contributed by atoms with Crippen LogP contribution >= 0.6 is 0 Å². The molecule has 3 rings (SSSR count). The minimum absolute atomic E-state index is 0.217. The molecule has 0 bridgehead atoms. The number of rotatable bonds is 6. The number of benzene rings is 1. The molecule has 0 N–H and O–H groups in total. The van der Waals surface area contributed by atoms with Crippen molar-refractivity contribution >= 4 is 29.0 Å². The van der Waals surface area contributed by atoms with E-state index in [-0.39, 0.29) is 11.8 Å². The maximum atomic E-state index is 12.7. The second-order valence-corrected chi connectivity index (χ2v) is 7.81. The molecule has 0 saturated carbocycles. The summed E-state index contributed by atoms with van der Waals surface area (Å²) >= 11 is 0. The lowest BCUT2D eigenvalue weighted by Crippen LogP contribution is -2.30. The maximum Gasteiger partial charge on any atom is 0.334 e. The Balaban J connectivity index is 1.95. The van der Waals surface area contributed by atoms with E-state index >= 15 is 0 Å². The maximum absolute atomic E-state index is 12.7. The molecule has 1 heterocycles. The van der Waals surface area contributed by atoms with Gasteiger partial charge >= 0.3 is 11.9 Å². The quantitative estimate of drug-likeness (QED) is 0.706. The molecule has 1 aliphatic rings. The zero-order valence-corrected chi connectivity index (χ0v) is 16.3. The van der Waals surface area contributed by atoms with E-state index in [0.717, 1.165) is 16.5 Å². The number of para-hydroxylation sites is 1. The average Bonchev–Trinajstić information content (AvgIpc) is 3.00. The first-order chi connectivity index (χ1) is 12.9. The van der Waals surface area contributed by atoms with Crippen LogP contribution in [0.1, 0.15) is 39.0 Å². The van der Waals surface area contributed by atoms with Crippen molar-refractivity contribution < 1.29 is 23.5 Å². The SMILES string of the molecule is CC(C)COC(=O)C1=Cc2c(oc3ccccc23)CC1C(=O)OCC(C)C. The van der Waals surface area contributed by atoms with Crippen LogP contribution in [0.5, 0.6) is 0 Å². The minimum atomic E-state index is -0.712. The van der Waals surface area contributed by atoms with E-state index in [2.05, 4.69) is 0 Å². The summed E-state index contributed by atoms with van der Waals surface area (Å²) in [5, 5.41) is 0.927. The first kappa shape index (κ1) is 19.2. The molecule has 1 aliphatic carbocycles. The highest BCUT2D eigenvalue weighted by molar-refractivity contribution is 6.03. The number of fused-ring (bicyclic) bond motifs is 3. The van der Waals surface area contributed by atoms with E-state index in [1.807, 2.05) is 52.0 Å². The van der Waals surface area contributed by atoms with Crippen LogP contribution in [0.3, 0.4) is 0 Å². The van der Waals surface area contributed by atoms with Crippen molar-refractivity contribution in [1.82, 2.24) is 0 Å². The fourth-order valence-electron chi connectivity index (χ4n) is 3.06. The summed E-state index contributed by atoms with van der Waals surface area (Å²) in [6, 6.07) is 7.64. The standard InChI is InChI=1S/C22H26O5/c1-13(2)11-25-21(23)17-9-16-15-7-5-6-8-19(15)27-20(16)10-18(17)22(24)26-12-14(3)4/h5-9,13-14,18H,10-12H2,1-4H3. The van der Waals surface area contributed by atoms with Crippen molar-refractivity contribution in [2.75, 3.05) is 13.2 Å². The van der Waals surface area contributed by atoms with Crippen LogP contribution in [0.25, 0.3) is 17.0 Å². The number of esters is 2. The molecule has 0 aliphatic heterocycles. The van der Waals surface area contributed by atoms with Crippen molar-refractivity contribution in [2.24, 2.45) is 17.8 Å². The third kappa shape index (κ3) is 4.24. The summed E-state index contributed by atoms with van der Waals surface area (Å²) in [4.78, 5) is 25.4. The lowest BCUT2D eigenvalue weighted by Gasteiger charge is -2.22. The average molecular weight is 370 g/mol. The van der Waals surface area contributed by atoms with Gasteiger partial charge in [0.2, 0.25) is 0 Å². The Bertz CT molecular complexity index is 872. The number of ether oxygens (including phenoxy) is 2. The number of carbonyl (C=O) groups excluding carboxylic acids is 2. The fourth-order valence-corrected chi connectivity index (χ4v) is 3.06. The topological polar surface area (TPSA) is 65.7 Å². The van der Waals surface area contributed by atoms with Gasteiger partial charge in [-0.3, -0.25) is 4.79 Å². The summed E-state index contributed by atoms with van der Waals surface area (Å²) < 4.78 is 16.7. The molecule has 1 atom stereocenters. The summed E-state index contributed by atoms with van der Waals surface area (Å²) in [5.74, 6) is -0.456. The lowest BCUT2D eigenvalue weighted by atomic mass is 9.86. The van der Waals surface area contributed by atoms with E-state index in [4.69, 9.17) is 13.9 Å². The third-order valence-electron chi connectivity index (χ3n) is 4.40. The lowest BCUT2D eigenvalue weighted by molar-refractivity contribution is -0.151. The zero-order valence-electron chi connectivity index (χ0n) is 16.3. The molecule has 2 aromatic rings. The number of furan rings is 1. The predicted molar refractivity (Wildman–Crippen MR) is 103 cm³/mol. The van der Waals surface area contributed by atoms with Crippen LogP contribution in [-0.4, -0.2) is 25.2 Å². The summed E-state index contributed by atoms with van der Waals surface area (Å²) in [7, 11) is 0. The largest absolute Gasteiger partial charge is 0.465 e. The summed E-state index contributed by atoms with van der Waals surface area (Å²) in [6.07, 6.45) is 2.03. The molecule has 0 amide bonds. The van der Waals surface area contributed by atoms with E-state index in [9.17, 15) is 9.59 Å². The van der Waals surface area contributed by atoms with Crippen LogP contribution in [0.4, 0.5) is 0 Å². The Morgan fingerprint density at radius 3 is 2.44 bits per heavy atom. The number of hydrogen-bond acceptors (Lipinski definition) is 5. The van der Waals surface area contributed by atoms with Crippen molar-refractivity contribution in [1.29, 1.82) is 0 Å². The van der Waals surface area contributed by atoms with Gasteiger partial charge in [-0.05, 0) is 24.0 Å². The van der Waals surface area contributed by atoms with Gasteiger partial charge in [0.15, 0.2) is 0 Å². The van der Waals surface area contributed by atoms with Crippen LogP contribution in [0.2, 0.25) is 0 Å². The molecular formula is C22H26O5. The molecule has 0 radical (unpaired) electrons. The van der Waals surface area contributed by atoms with Gasteiger partial charge in [0.25, 0.3) is 0 Å². The van der Waals surface area contributed by atoms with Crippen molar-refractivity contribution in [3.63, 3.8) is 0 Å². The summed E-state index contributed by atoms with van der Waals surface area (Å²) in [6.45, 7) is 8.51. The minimum Gasteiger partial charge on any atom is -0.465 e. The van der Waals surface area contributed by atoms with Crippen molar-refractivity contribution in [3.05, 3.63) is 41.2 Å². The van der Waals surface area contributed by atoms with Gasteiger partial charge in [0.1, 0.15) is 11.3 Å². The van der Waals surface area contributed by atoms with Crippen molar-refractivity contribution in [2.45, 2.75) is 34.1 Å². The van der Waals surface area contributed by atoms with E-state index in [1.165, 1.54) is 0 Å². The molecule has 5 nitrogen and oxygen atoms in total. The fraction of sp³-hybridized carbons (Fsp3) is 0.455. The Kier molecular flexibility index (Phi) is 5.68. The van der Waals surface area contributed by atoms with Crippen LogP contribution in [-0.2, 0) is 25.5 Å². The highest BCUT2D eigenvalue weighted by Crippen LogP contribution is 2.36. The molecule has 27 heavy (non-hydrogen) atoms. The molecule has 0 saturated heterocycles. The van der Waals surface area contributed by atoms with Crippen molar-refractivity contribution in [3.8, 4) is 0 Å². The zero-order chi connectivity index (χ0) is 19.6. The molecule has 5 heteroatoms. The van der Waals surface area contributed by atoms with E-state index < -0.39 is 17.9 Å². The molecular weight excluding hydrogens is 344 g/mol. The second-order valence-electron chi connectivity index (χ2n) is 7.81. The number of carbonyl (C=O) groups is 2. The van der Waals surface area contributed by atoms with Gasteiger partial charge in [-0.1, -0.05) is 45.9 Å². The third-order valence-corrected chi connectivity index (χ3v) is 4.40. The molecule has 1 aromatic carbocycles. The smallest absolute Gasteiger partial charge is 0.334 e. The summed E-state index contributed by atoms with van der Waals surface area (Å²) in [5.41, 5.74) is 1.92. The Labute approximate surface area is 159 Å². The van der Waals surface area contributed by atoms with Gasteiger partial charge in [-0.15, -0.1) is 0 Å². The predicted octanol–water partition coefficient (Wildman–Crippen LogP) is 4.39. The van der Waals surface area contributed by atoms with Crippen LogP contribution < -0.4 is 0 Å². The van der Waals surface area contributed by atoms with Crippen LogP contribution in [0.15, 0.2) is 34.3 Å². The Morgan fingerprint density at radius 1 is 1.07 bits per heavy atom. The Morgan fingerprint density at radius 2 is 1.74 bits per heavy atom. The van der Waals surface area contributed by atoms with Gasteiger partial charge in [0, 0.05) is 17.4 Å². The van der Waals surface area contributed by atoms with E-state index in [1.54, 1.807) is 6.08 Å². The second kappa shape index (κ2) is 7.99. The number of hydrogen-bond donors (Lipinski definition) is 0. The van der Waals surface area contributed by atoms with Gasteiger partial charge < -0.3 is 13.9 Å². The van der Waals surface area contributed by atoms with Gasteiger partial charge in [-0.25, -0.2) is 4.79 Å². The molecule has 1 aromatic heterocycles. The van der Waals surface area contributed by atoms with E-state index in [0.29, 0.717) is 31.0 Å².